The number of halogens is 2. The van der Waals surface area contributed by atoms with Gasteiger partial charge >= 0.3 is 11.9 Å². The summed E-state index contributed by atoms with van der Waals surface area (Å²) in [6.07, 6.45) is 0. The smallest absolute Gasteiger partial charge is 0.334 e. The maximum atomic E-state index is 13.2. The predicted octanol–water partition coefficient (Wildman–Crippen LogP) is 3.54. The minimum absolute atomic E-state index is 0.202. The Balaban J connectivity index is 2.55. The summed E-state index contributed by atoms with van der Waals surface area (Å²) >= 11 is 5.91. The Hall–Kier alpha value is -2.64. The molecule has 2 aromatic rings. The number of benzene rings is 2. The summed E-state index contributed by atoms with van der Waals surface area (Å²) in [5.74, 6) is -2.79. The van der Waals surface area contributed by atoms with Crippen LogP contribution in [0.4, 0.5) is 10.1 Å². The molecular formula is C20H22ClFN2O4. The summed E-state index contributed by atoms with van der Waals surface area (Å²) in [4.78, 5) is 25.1. The Morgan fingerprint density at radius 2 is 1.64 bits per heavy atom. The van der Waals surface area contributed by atoms with Gasteiger partial charge in [-0.05, 0) is 62.7 Å². The first-order chi connectivity index (χ1) is 12.9. The van der Waals surface area contributed by atoms with Gasteiger partial charge in [-0.15, -0.1) is 0 Å². The average Bonchev–Trinajstić information content (AvgIpc) is 2.59. The van der Waals surface area contributed by atoms with E-state index in [1.165, 1.54) is 36.4 Å². The highest BCUT2D eigenvalue weighted by atomic mass is 35.5. The van der Waals surface area contributed by atoms with Crippen LogP contribution >= 0.6 is 11.6 Å². The summed E-state index contributed by atoms with van der Waals surface area (Å²) in [7, 11) is 0. The number of hydrogen-bond acceptors (Lipinski definition) is 5. The monoisotopic (exact) mass is 408 g/mol. The third-order valence-corrected chi connectivity index (χ3v) is 4.17. The van der Waals surface area contributed by atoms with Gasteiger partial charge in [-0.2, -0.15) is 0 Å². The summed E-state index contributed by atoms with van der Waals surface area (Å²) in [5.41, 5.74) is 3.91. The van der Waals surface area contributed by atoms with Gasteiger partial charge in [-0.3, -0.25) is 0 Å². The van der Waals surface area contributed by atoms with E-state index in [0.29, 0.717) is 5.02 Å². The zero-order valence-electron chi connectivity index (χ0n) is 15.7. The minimum atomic E-state index is -2.09. The molecular weight excluding hydrogens is 387 g/mol. The van der Waals surface area contributed by atoms with Crippen molar-refractivity contribution >= 4 is 29.2 Å². The van der Waals surface area contributed by atoms with E-state index < -0.39 is 34.9 Å². The fraction of sp³-hybridized carbons (Fsp3) is 0.300. The zero-order chi connectivity index (χ0) is 21.1. The molecule has 2 rings (SSSR count). The van der Waals surface area contributed by atoms with Gasteiger partial charge in [0.2, 0.25) is 0 Å². The number of carbonyl (C=O) groups is 2. The van der Waals surface area contributed by atoms with Crippen molar-refractivity contribution < 1.29 is 23.8 Å². The van der Waals surface area contributed by atoms with Crippen molar-refractivity contribution in [3.63, 3.8) is 0 Å². The molecule has 0 heterocycles. The molecule has 150 valence electrons. The summed E-state index contributed by atoms with van der Waals surface area (Å²) in [5, 5.41) is 12.9. The van der Waals surface area contributed by atoms with E-state index in [-0.39, 0.29) is 11.3 Å². The van der Waals surface area contributed by atoms with Gasteiger partial charge in [0.1, 0.15) is 11.4 Å². The topological polar surface area (TPSA) is 102 Å². The molecule has 2 atom stereocenters. The number of rotatable bonds is 6. The van der Waals surface area contributed by atoms with Gasteiger partial charge in [-0.25, -0.2) is 14.0 Å². The van der Waals surface area contributed by atoms with Crippen LogP contribution in [0.1, 0.15) is 26.3 Å². The second-order valence-electron chi connectivity index (χ2n) is 7.30. The van der Waals surface area contributed by atoms with E-state index in [1.54, 1.807) is 20.8 Å². The number of aliphatic carboxylic acids is 1. The van der Waals surface area contributed by atoms with Crippen LogP contribution in [0.3, 0.4) is 0 Å². The van der Waals surface area contributed by atoms with Crippen LogP contribution in [-0.4, -0.2) is 28.7 Å². The Bertz CT molecular complexity index is 850. The molecule has 4 N–H and O–H groups in total. The summed E-state index contributed by atoms with van der Waals surface area (Å²) in [6.45, 7) is 4.95. The van der Waals surface area contributed by atoms with Gasteiger partial charge in [0.05, 0.1) is 0 Å². The molecule has 28 heavy (non-hydrogen) atoms. The standard InChI is InChI=1S/C20H22ClFN2O4/c1-19(2,3)28-18(27)20(23,12-4-6-13(21)7-5-12)16(17(25)26)24-15-10-8-14(22)9-11-15/h4-11,16,24H,23H2,1-3H3,(H,25,26). The molecule has 0 aliphatic heterocycles. The Labute approximate surface area is 167 Å². The fourth-order valence-corrected chi connectivity index (χ4v) is 2.70. The van der Waals surface area contributed by atoms with Crippen LogP contribution in [-0.2, 0) is 19.9 Å². The minimum Gasteiger partial charge on any atom is -0.480 e. The molecule has 0 aliphatic carbocycles. The lowest BCUT2D eigenvalue weighted by atomic mass is 9.83. The van der Waals surface area contributed by atoms with E-state index in [2.05, 4.69) is 5.32 Å². The lowest BCUT2D eigenvalue weighted by molar-refractivity contribution is -0.166. The van der Waals surface area contributed by atoms with E-state index in [0.717, 1.165) is 12.1 Å². The average molecular weight is 409 g/mol. The van der Waals surface area contributed by atoms with Gasteiger partial charge in [0.25, 0.3) is 0 Å². The molecule has 0 saturated carbocycles. The van der Waals surface area contributed by atoms with Gasteiger partial charge < -0.3 is 20.9 Å². The summed E-state index contributed by atoms with van der Waals surface area (Å²) < 4.78 is 18.6. The molecule has 0 aliphatic rings. The summed E-state index contributed by atoms with van der Waals surface area (Å²) in [6, 6.07) is 9.35. The number of carboxylic acids is 1. The molecule has 8 heteroatoms. The largest absolute Gasteiger partial charge is 0.480 e. The van der Waals surface area contributed by atoms with Crippen LogP contribution in [0.2, 0.25) is 5.02 Å². The van der Waals surface area contributed by atoms with Crippen molar-refractivity contribution in [3.8, 4) is 0 Å². The molecule has 0 fully saturated rings. The highest BCUT2D eigenvalue weighted by molar-refractivity contribution is 6.30. The van der Waals surface area contributed by atoms with Gasteiger partial charge in [0, 0.05) is 10.7 Å². The lowest BCUT2D eigenvalue weighted by Gasteiger charge is -2.36. The number of nitrogens with one attached hydrogen (secondary N) is 1. The van der Waals surface area contributed by atoms with Crippen molar-refractivity contribution in [2.24, 2.45) is 5.73 Å². The number of carboxylic acid groups (broad SMARTS) is 1. The van der Waals surface area contributed by atoms with E-state index >= 15 is 0 Å². The van der Waals surface area contributed by atoms with Crippen LogP contribution in [0.25, 0.3) is 0 Å². The second kappa shape index (κ2) is 8.16. The first-order valence-electron chi connectivity index (χ1n) is 8.47. The molecule has 2 unspecified atom stereocenters. The van der Waals surface area contributed by atoms with Crippen molar-refractivity contribution in [2.75, 3.05) is 5.32 Å². The Kier molecular flexibility index (Phi) is 6.31. The molecule has 2 aromatic carbocycles. The molecule has 0 bridgehead atoms. The number of nitrogens with two attached hydrogens (primary N) is 1. The third kappa shape index (κ3) is 4.99. The molecule has 6 nitrogen and oxygen atoms in total. The molecule has 0 saturated heterocycles. The van der Waals surface area contributed by atoms with Crippen molar-refractivity contribution in [3.05, 3.63) is 64.9 Å². The lowest BCUT2D eigenvalue weighted by Crippen LogP contribution is -2.61. The SMILES string of the molecule is CC(C)(C)OC(=O)C(N)(c1ccc(Cl)cc1)C(Nc1ccc(F)cc1)C(=O)O. The van der Waals surface area contributed by atoms with Crippen LogP contribution < -0.4 is 11.1 Å². The first kappa shape index (κ1) is 21.7. The first-order valence-corrected chi connectivity index (χ1v) is 8.84. The van der Waals surface area contributed by atoms with Crippen LogP contribution in [0.5, 0.6) is 0 Å². The van der Waals surface area contributed by atoms with Crippen molar-refractivity contribution in [1.82, 2.24) is 0 Å². The number of anilines is 1. The van der Waals surface area contributed by atoms with Crippen LogP contribution in [0.15, 0.2) is 48.5 Å². The highest BCUT2D eigenvalue weighted by Gasteiger charge is 2.50. The zero-order valence-corrected chi connectivity index (χ0v) is 16.5. The number of ether oxygens (including phenoxy) is 1. The third-order valence-electron chi connectivity index (χ3n) is 3.92. The Morgan fingerprint density at radius 3 is 2.11 bits per heavy atom. The van der Waals surface area contributed by atoms with E-state index in [4.69, 9.17) is 22.1 Å². The predicted molar refractivity (Wildman–Crippen MR) is 105 cm³/mol. The quantitative estimate of drug-likeness (QED) is 0.632. The number of esters is 1. The molecule has 0 amide bonds. The van der Waals surface area contributed by atoms with Crippen molar-refractivity contribution in [2.45, 2.75) is 38.0 Å². The molecule has 0 spiro atoms. The maximum Gasteiger partial charge on any atom is 0.334 e. The van der Waals surface area contributed by atoms with Gasteiger partial charge in [-0.1, -0.05) is 23.7 Å². The fourth-order valence-electron chi connectivity index (χ4n) is 2.57. The van der Waals surface area contributed by atoms with Gasteiger partial charge in [0.15, 0.2) is 11.6 Å². The van der Waals surface area contributed by atoms with E-state index in [9.17, 15) is 19.1 Å². The molecule has 0 radical (unpaired) electrons. The second-order valence-corrected chi connectivity index (χ2v) is 7.74. The molecule has 0 aromatic heterocycles. The number of carbonyl (C=O) groups excluding carboxylic acids is 1. The highest BCUT2D eigenvalue weighted by Crippen LogP contribution is 2.30. The Morgan fingerprint density at radius 1 is 1.11 bits per heavy atom. The maximum absolute atomic E-state index is 13.2. The number of hydrogen-bond donors (Lipinski definition) is 3. The van der Waals surface area contributed by atoms with Crippen LogP contribution in [0, 0.1) is 5.82 Å². The normalized spacial score (nSPS) is 14.6. The van der Waals surface area contributed by atoms with Crippen molar-refractivity contribution in [1.29, 1.82) is 0 Å². The van der Waals surface area contributed by atoms with E-state index in [1.807, 2.05) is 0 Å².